The molecular formula is C12H16O2S. The van der Waals surface area contributed by atoms with Crippen LogP contribution in [0.5, 0.6) is 0 Å². The summed E-state index contributed by atoms with van der Waals surface area (Å²) >= 11 is 0. The van der Waals surface area contributed by atoms with Crippen molar-refractivity contribution in [3.63, 3.8) is 0 Å². The molecule has 1 aliphatic rings. The van der Waals surface area contributed by atoms with Crippen molar-refractivity contribution < 1.29 is 9.53 Å². The van der Waals surface area contributed by atoms with Gasteiger partial charge in [-0.1, -0.05) is 30.3 Å². The number of benzene rings is 1. The largest absolute Gasteiger partial charge is 0.454 e. The van der Waals surface area contributed by atoms with E-state index in [-0.39, 0.29) is 5.30 Å². The molecule has 0 unspecified atom stereocenters. The van der Waals surface area contributed by atoms with Crippen LogP contribution in [0.2, 0.25) is 0 Å². The normalized spacial score (nSPS) is 20.1. The molecular weight excluding hydrogens is 208 g/mol. The van der Waals surface area contributed by atoms with Crippen LogP contribution < -0.4 is 0 Å². The van der Waals surface area contributed by atoms with Crippen LogP contribution in [0.4, 0.5) is 4.79 Å². The highest BCUT2D eigenvalue weighted by molar-refractivity contribution is 8.45. The third-order valence-corrected chi connectivity index (χ3v) is 6.09. The smallest absolute Gasteiger partial charge is 0.349 e. The van der Waals surface area contributed by atoms with Crippen LogP contribution in [-0.2, 0) is 11.3 Å². The van der Waals surface area contributed by atoms with Gasteiger partial charge in [-0.3, -0.25) is 0 Å². The second kappa shape index (κ2) is 4.27. The first-order valence-electron chi connectivity index (χ1n) is 5.15. The maximum Gasteiger partial charge on any atom is 0.349 e. The Kier molecular flexibility index (Phi) is 3.00. The van der Waals surface area contributed by atoms with Crippen LogP contribution in [-0.4, -0.2) is 23.1 Å². The van der Waals surface area contributed by atoms with E-state index in [4.69, 9.17) is 4.74 Å². The molecule has 2 nitrogen and oxygen atoms in total. The van der Waals surface area contributed by atoms with Gasteiger partial charge >= 0.3 is 5.30 Å². The van der Waals surface area contributed by atoms with Crippen molar-refractivity contribution in [2.45, 2.75) is 13.0 Å². The van der Waals surface area contributed by atoms with Gasteiger partial charge in [0.25, 0.3) is 0 Å². The number of hydrogen-bond donors (Lipinski definition) is 0. The molecule has 0 aromatic heterocycles. The van der Waals surface area contributed by atoms with Crippen LogP contribution in [0.25, 0.3) is 0 Å². The minimum absolute atomic E-state index is 0.0394. The van der Waals surface area contributed by atoms with E-state index in [0.717, 1.165) is 17.1 Å². The molecule has 0 atom stereocenters. The molecule has 82 valence electrons. The predicted molar refractivity (Wildman–Crippen MR) is 64.5 cm³/mol. The number of ether oxygens (including phenoxy) is 1. The zero-order valence-electron chi connectivity index (χ0n) is 8.94. The van der Waals surface area contributed by atoms with Crippen molar-refractivity contribution in [2.75, 3.05) is 17.8 Å². The quantitative estimate of drug-likeness (QED) is 0.721. The average Bonchev–Trinajstić information content (AvgIpc) is 2.24. The molecule has 1 aliphatic heterocycles. The Balaban J connectivity index is 1.86. The molecule has 2 rings (SSSR count). The molecule has 0 saturated carbocycles. The maximum atomic E-state index is 11.7. The molecule has 1 fully saturated rings. The summed E-state index contributed by atoms with van der Waals surface area (Å²) in [7, 11) is -1.05. The van der Waals surface area contributed by atoms with Gasteiger partial charge in [0.15, 0.2) is 0 Å². The second-order valence-corrected chi connectivity index (χ2v) is 7.76. The SMILES string of the molecule is CS1(C(=O)OCc2ccccc2)CCC1. The van der Waals surface area contributed by atoms with E-state index in [1.807, 2.05) is 30.3 Å². The number of carbonyl (C=O) groups excluding carboxylic acids is 1. The first kappa shape index (κ1) is 10.6. The third-order valence-electron chi connectivity index (χ3n) is 2.79. The van der Waals surface area contributed by atoms with Gasteiger partial charge in [0.05, 0.1) is 0 Å². The summed E-state index contributed by atoms with van der Waals surface area (Å²) in [6.45, 7) is 0.419. The molecule has 1 saturated heterocycles. The van der Waals surface area contributed by atoms with Gasteiger partial charge in [0.1, 0.15) is 6.61 Å². The zero-order valence-corrected chi connectivity index (χ0v) is 9.76. The van der Waals surface area contributed by atoms with Gasteiger partial charge in [0.2, 0.25) is 0 Å². The van der Waals surface area contributed by atoms with Crippen molar-refractivity contribution in [2.24, 2.45) is 0 Å². The van der Waals surface area contributed by atoms with Crippen LogP contribution in [0, 0.1) is 0 Å². The Morgan fingerprint density at radius 2 is 2.00 bits per heavy atom. The summed E-state index contributed by atoms with van der Waals surface area (Å²) in [5, 5.41) is 0.0394. The fraction of sp³-hybridized carbons (Fsp3) is 0.417. The molecule has 0 aliphatic carbocycles. The van der Waals surface area contributed by atoms with Crippen LogP contribution in [0.1, 0.15) is 12.0 Å². The summed E-state index contributed by atoms with van der Waals surface area (Å²) < 4.78 is 5.33. The van der Waals surface area contributed by atoms with Crippen molar-refractivity contribution >= 4 is 15.3 Å². The Bertz CT molecular complexity index is 344. The molecule has 3 heteroatoms. The lowest BCUT2D eigenvalue weighted by Crippen LogP contribution is -2.27. The lowest BCUT2D eigenvalue weighted by Gasteiger charge is -2.40. The Morgan fingerprint density at radius 3 is 2.53 bits per heavy atom. The fourth-order valence-corrected chi connectivity index (χ4v) is 3.43. The van der Waals surface area contributed by atoms with Gasteiger partial charge in [-0.05, 0) is 29.7 Å². The zero-order chi connectivity index (χ0) is 10.7. The van der Waals surface area contributed by atoms with E-state index in [0.29, 0.717) is 6.61 Å². The number of carbonyl (C=O) groups is 1. The molecule has 0 spiro atoms. The Labute approximate surface area is 91.9 Å². The average molecular weight is 224 g/mol. The van der Waals surface area contributed by atoms with Crippen molar-refractivity contribution in [1.82, 2.24) is 0 Å². The minimum Gasteiger partial charge on any atom is -0.454 e. The summed E-state index contributed by atoms with van der Waals surface area (Å²) in [5.41, 5.74) is 1.06. The summed E-state index contributed by atoms with van der Waals surface area (Å²) in [6.07, 6.45) is 3.26. The number of rotatable bonds is 2. The van der Waals surface area contributed by atoms with E-state index in [1.165, 1.54) is 6.42 Å². The maximum absolute atomic E-state index is 11.7. The molecule has 0 amide bonds. The van der Waals surface area contributed by atoms with Crippen LogP contribution in [0.15, 0.2) is 30.3 Å². The van der Waals surface area contributed by atoms with Crippen LogP contribution >= 0.6 is 10.0 Å². The Morgan fingerprint density at radius 1 is 1.33 bits per heavy atom. The first-order chi connectivity index (χ1) is 7.21. The van der Waals surface area contributed by atoms with Crippen molar-refractivity contribution in [3.8, 4) is 0 Å². The van der Waals surface area contributed by atoms with Gasteiger partial charge in [0, 0.05) is 0 Å². The van der Waals surface area contributed by atoms with E-state index in [9.17, 15) is 4.79 Å². The van der Waals surface area contributed by atoms with E-state index in [1.54, 1.807) is 0 Å². The monoisotopic (exact) mass is 224 g/mol. The molecule has 1 aromatic rings. The molecule has 0 bridgehead atoms. The molecule has 1 aromatic carbocycles. The van der Waals surface area contributed by atoms with Gasteiger partial charge < -0.3 is 4.74 Å². The van der Waals surface area contributed by atoms with Crippen LogP contribution in [0.3, 0.4) is 0 Å². The van der Waals surface area contributed by atoms with Crippen molar-refractivity contribution in [1.29, 1.82) is 0 Å². The standard InChI is InChI=1S/C12H16O2S/c1-15(8-5-9-15)12(13)14-10-11-6-3-2-4-7-11/h2-4,6-7H,5,8-10H2,1H3. The van der Waals surface area contributed by atoms with Crippen molar-refractivity contribution in [3.05, 3.63) is 35.9 Å². The summed E-state index contributed by atoms with van der Waals surface area (Å²) in [6, 6.07) is 9.84. The van der Waals surface area contributed by atoms with Gasteiger partial charge in [-0.25, -0.2) is 4.79 Å². The highest BCUT2D eigenvalue weighted by atomic mass is 32.3. The lowest BCUT2D eigenvalue weighted by atomic mass is 10.2. The van der Waals surface area contributed by atoms with Gasteiger partial charge in [-0.15, -0.1) is 10.0 Å². The summed E-state index contributed by atoms with van der Waals surface area (Å²) in [4.78, 5) is 11.7. The predicted octanol–water partition coefficient (Wildman–Crippen LogP) is 3.16. The highest BCUT2D eigenvalue weighted by Gasteiger charge is 2.35. The third kappa shape index (κ3) is 2.34. The van der Waals surface area contributed by atoms with E-state index >= 15 is 0 Å². The Hall–Kier alpha value is -0.960. The second-order valence-electron chi connectivity index (χ2n) is 4.06. The summed E-state index contributed by atoms with van der Waals surface area (Å²) in [5.74, 6) is 2.11. The van der Waals surface area contributed by atoms with E-state index < -0.39 is 10.0 Å². The molecule has 1 heterocycles. The molecule has 0 N–H and O–H groups in total. The van der Waals surface area contributed by atoms with Gasteiger partial charge in [-0.2, -0.15) is 0 Å². The fourth-order valence-electron chi connectivity index (χ4n) is 1.60. The minimum atomic E-state index is -1.05. The highest BCUT2D eigenvalue weighted by Crippen LogP contribution is 2.54. The lowest BCUT2D eigenvalue weighted by molar-refractivity contribution is 0.167. The number of hydrogen-bond acceptors (Lipinski definition) is 2. The molecule has 0 radical (unpaired) electrons. The molecule has 15 heavy (non-hydrogen) atoms. The van der Waals surface area contributed by atoms with E-state index in [2.05, 4.69) is 6.26 Å². The first-order valence-corrected chi connectivity index (χ1v) is 7.53. The topological polar surface area (TPSA) is 26.3 Å².